The smallest absolute Gasteiger partial charge is 0.0445 e. The Morgan fingerprint density at radius 2 is 1.06 bits per heavy atom. The monoisotopic (exact) mass is 246 g/mol. The minimum absolute atomic E-state index is 0.954. The lowest BCUT2D eigenvalue weighted by Crippen LogP contribution is -1.89. The molecule has 0 aliphatic carbocycles. The predicted molar refractivity (Wildman–Crippen MR) is 86.9 cm³/mol. The Bertz CT molecular complexity index is 64.4. The molecule has 17 heavy (non-hydrogen) atoms. The van der Waals surface area contributed by atoms with Crippen molar-refractivity contribution in [3.63, 3.8) is 0 Å². The molecule has 0 heterocycles. The minimum atomic E-state index is 0.954. The van der Waals surface area contributed by atoms with Crippen LogP contribution in [-0.4, -0.2) is 0 Å². The summed E-state index contributed by atoms with van der Waals surface area (Å²) in [7, 11) is 0. The van der Waals surface area contributed by atoms with E-state index >= 15 is 0 Å². The molecule has 0 radical (unpaired) electrons. The third-order valence-corrected chi connectivity index (χ3v) is 2.25. The van der Waals surface area contributed by atoms with Gasteiger partial charge in [0.15, 0.2) is 0 Å². The van der Waals surface area contributed by atoms with Crippen molar-refractivity contribution in [3.8, 4) is 0 Å². The molecule has 0 heteroatoms. The van der Waals surface area contributed by atoms with Crippen molar-refractivity contribution in [1.82, 2.24) is 0 Å². The van der Waals surface area contributed by atoms with E-state index in [1.165, 1.54) is 44.9 Å². The highest BCUT2D eigenvalue weighted by Crippen LogP contribution is 2.09. The fraction of sp³-hybridized carbons (Fsp3) is 1.00. The first-order chi connectivity index (χ1) is 8.14. The Kier molecular flexibility index (Phi) is 54.5. The molecule has 0 aliphatic heterocycles. The van der Waals surface area contributed by atoms with Crippen molar-refractivity contribution in [3.05, 3.63) is 0 Å². The van der Waals surface area contributed by atoms with E-state index in [0.717, 1.165) is 5.92 Å². The maximum absolute atomic E-state index is 2.33. The highest BCUT2D eigenvalue weighted by atomic mass is 14.0. The Morgan fingerprint density at radius 3 is 1.24 bits per heavy atom. The zero-order chi connectivity index (χ0) is 14.5. The van der Waals surface area contributed by atoms with Gasteiger partial charge in [-0.25, -0.2) is 0 Å². The van der Waals surface area contributed by atoms with Crippen LogP contribution in [0.4, 0.5) is 0 Å². The van der Waals surface area contributed by atoms with Crippen molar-refractivity contribution >= 4 is 0 Å². The molecule has 0 rings (SSSR count). The second-order valence-corrected chi connectivity index (χ2v) is 4.36. The van der Waals surface area contributed by atoms with Crippen LogP contribution in [0.1, 0.15) is 107 Å². The number of rotatable bonds is 5. The third kappa shape index (κ3) is 64.0. The average Bonchev–Trinajstić information content (AvgIpc) is 2.39. The first kappa shape index (κ1) is 25.8. The van der Waals surface area contributed by atoms with E-state index in [4.69, 9.17) is 0 Å². The fourth-order valence-electron chi connectivity index (χ4n) is 0.757. The maximum Gasteiger partial charge on any atom is -0.0445 e. The van der Waals surface area contributed by atoms with Crippen molar-refractivity contribution in [1.29, 1.82) is 0 Å². The summed E-state index contributed by atoms with van der Waals surface area (Å²) in [4.78, 5) is 0. The molecule has 0 aromatic heterocycles. The molecular formula is C17H42. The van der Waals surface area contributed by atoms with Crippen molar-refractivity contribution in [2.45, 2.75) is 107 Å². The summed E-state index contributed by atoms with van der Waals surface area (Å²) in [5, 5.41) is 0. The summed E-state index contributed by atoms with van der Waals surface area (Å²) in [6, 6.07) is 0. The van der Waals surface area contributed by atoms with Gasteiger partial charge in [-0.05, 0) is 5.92 Å². The first-order valence-electron chi connectivity index (χ1n) is 8.14. The van der Waals surface area contributed by atoms with Crippen LogP contribution >= 0.6 is 0 Å². The van der Waals surface area contributed by atoms with Gasteiger partial charge in [0.1, 0.15) is 0 Å². The summed E-state index contributed by atoms with van der Waals surface area (Å²) < 4.78 is 0. The maximum atomic E-state index is 2.33. The predicted octanol–water partition coefficient (Wildman–Crippen LogP) is 7.47. The van der Waals surface area contributed by atoms with Gasteiger partial charge in [0.25, 0.3) is 0 Å². The standard InChI is InChI=1S/C8H18.C4H10.C3H8.C2H6/c1-4-6-7-8(3)5-2;1-3-4-2;1-3-2;1-2/h8H,4-7H2,1-3H3;3-4H2,1-2H3;3H2,1-2H3;1-2H3. The summed E-state index contributed by atoms with van der Waals surface area (Å²) in [5.74, 6) is 0.954. The molecule has 110 valence electrons. The van der Waals surface area contributed by atoms with Gasteiger partial charge < -0.3 is 0 Å². The van der Waals surface area contributed by atoms with Crippen LogP contribution in [0.3, 0.4) is 0 Å². The molecule has 0 bridgehead atoms. The average molecular weight is 247 g/mol. The zero-order valence-corrected chi connectivity index (χ0v) is 14.5. The summed E-state index contributed by atoms with van der Waals surface area (Å²) in [5.41, 5.74) is 0. The van der Waals surface area contributed by atoms with E-state index in [2.05, 4.69) is 48.5 Å². The molecule has 0 aromatic carbocycles. The molecule has 0 saturated heterocycles. The van der Waals surface area contributed by atoms with Gasteiger partial charge >= 0.3 is 0 Å². The van der Waals surface area contributed by atoms with Crippen molar-refractivity contribution < 1.29 is 0 Å². The lowest BCUT2D eigenvalue weighted by molar-refractivity contribution is 0.492. The molecule has 0 saturated carbocycles. The highest BCUT2D eigenvalue weighted by molar-refractivity contribution is 4.47. The van der Waals surface area contributed by atoms with E-state index in [9.17, 15) is 0 Å². The molecule has 0 spiro atoms. The Labute approximate surface area is 114 Å². The second kappa shape index (κ2) is 36.0. The molecule has 1 atom stereocenters. The fourth-order valence-corrected chi connectivity index (χ4v) is 0.757. The van der Waals surface area contributed by atoms with E-state index in [1.54, 1.807) is 0 Å². The van der Waals surface area contributed by atoms with E-state index in [-0.39, 0.29) is 0 Å². The van der Waals surface area contributed by atoms with Crippen molar-refractivity contribution in [2.24, 2.45) is 5.92 Å². The Balaban J connectivity index is -0.0000000792. The highest BCUT2D eigenvalue weighted by Gasteiger charge is 1.94. The van der Waals surface area contributed by atoms with Gasteiger partial charge in [0.05, 0.1) is 0 Å². The molecule has 0 N–H and O–H groups in total. The Hall–Kier alpha value is 0. The molecule has 1 unspecified atom stereocenters. The topological polar surface area (TPSA) is 0 Å². The SMILES string of the molecule is CC.CCC.CCCC.CCCCC(C)CC. The minimum Gasteiger partial charge on any atom is -0.0683 e. The quantitative estimate of drug-likeness (QED) is 0.472. The normalized spacial score (nSPS) is 9.71. The molecule has 0 amide bonds. The van der Waals surface area contributed by atoms with Crippen LogP contribution in [0.5, 0.6) is 0 Å². The van der Waals surface area contributed by atoms with Gasteiger partial charge in [-0.1, -0.05) is 107 Å². The van der Waals surface area contributed by atoms with Crippen LogP contribution in [0.25, 0.3) is 0 Å². The van der Waals surface area contributed by atoms with E-state index in [0.29, 0.717) is 0 Å². The summed E-state index contributed by atoms with van der Waals surface area (Å²) in [6.07, 6.45) is 9.42. The summed E-state index contributed by atoms with van der Waals surface area (Å²) >= 11 is 0. The molecule has 0 aromatic rings. The van der Waals surface area contributed by atoms with Gasteiger partial charge in [-0.15, -0.1) is 0 Å². The van der Waals surface area contributed by atoms with Crippen LogP contribution in [0.15, 0.2) is 0 Å². The van der Waals surface area contributed by atoms with E-state index < -0.39 is 0 Å². The van der Waals surface area contributed by atoms with Crippen LogP contribution in [0, 0.1) is 5.92 Å². The number of hydrogen-bond donors (Lipinski definition) is 0. The second-order valence-electron chi connectivity index (χ2n) is 4.36. The lowest BCUT2D eigenvalue weighted by Gasteiger charge is -2.04. The molecule has 0 nitrogen and oxygen atoms in total. The zero-order valence-electron chi connectivity index (χ0n) is 14.5. The van der Waals surface area contributed by atoms with Gasteiger partial charge in [0, 0.05) is 0 Å². The molecular weight excluding hydrogens is 204 g/mol. The Morgan fingerprint density at radius 1 is 0.706 bits per heavy atom. The molecule has 0 aliphatic rings. The molecule has 0 fully saturated rings. The van der Waals surface area contributed by atoms with Crippen LogP contribution in [-0.2, 0) is 0 Å². The number of hydrogen-bond acceptors (Lipinski definition) is 0. The summed E-state index contributed by atoms with van der Waals surface area (Å²) in [6.45, 7) is 19.5. The first-order valence-corrected chi connectivity index (χ1v) is 8.14. The van der Waals surface area contributed by atoms with Crippen LogP contribution < -0.4 is 0 Å². The van der Waals surface area contributed by atoms with Gasteiger partial charge in [-0.2, -0.15) is 0 Å². The largest absolute Gasteiger partial charge is 0.0683 e. The van der Waals surface area contributed by atoms with Crippen molar-refractivity contribution in [2.75, 3.05) is 0 Å². The van der Waals surface area contributed by atoms with Crippen LogP contribution in [0.2, 0.25) is 0 Å². The lowest BCUT2D eigenvalue weighted by atomic mass is 10.0. The van der Waals surface area contributed by atoms with E-state index in [1.807, 2.05) is 13.8 Å². The third-order valence-electron chi connectivity index (χ3n) is 2.25. The number of unbranched alkanes of at least 4 members (excludes halogenated alkanes) is 2. The van der Waals surface area contributed by atoms with Gasteiger partial charge in [0.2, 0.25) is 0 Å². The van der Waals surface area contributed by atoms with Gasteiger partial charge in [-0.3, -0.25) is 0 Å².